The van der Waals surface area contributed by atoms with Crippen molar-refractivity contribution in [3.63, 3.8) is 0 Å². The van der Waals surface area contributed by atoms with Crippen LogP contribution in [-0.4, -0.2) is 9.97 Å². The standard InChI is InChI=1S/C26H26N2O2S/c1-3-5-9-17-11-7-13-19-23(17)27-25(29-19)21-15-16-22(31-21)26-28-24-18(10-6-4-2)12-8-14-20(24)30-26/h7-8,11-16H,3-6,9-10H2,1-2H3. The van der Waals surface area contributed by atoms with Gasteiger partial charge < -0.3 is 8.83 Å². The Morgan fingerprint density at radius 1 is 0.677 bits per heavy atom. The van der Waals surface area contributed by atoms with Crippen molar-refractivity contribution in [1.82, 2.24) is 9.97 Å². The van der Waals surface area contributed by atoms with Crippen LogP contribution in [0, 0.1) is 0 Å². The molecule has 0 N–H and O–H groups in total. The minimum Gasteiger partial charge on any atom is -0.435 e. The first-order valence-corrected chi connectivity index (χ1v) is 12.0. The number of fused-ring (bicyclic) bond motifs is 2. The van der Waals surface area contributed by atoms with Gasteiger partial charge in [-0.3, -0.25) is 0 Å². The topological polar surface area (TPSA) is 52.1 Å². The highest BCUT2D eigenvalue weighted by Gasteiger charge is 2.17. The van der Waals surface area contributed by atoms with Gasteiger partial charge in [-0.05, 0) is 61.1 Å². The summed E-state index contributed by atoms with van der Waals surface area (Å²) in [6.07, 6.45) is 6.70. The van der Waals surface area contributed by atoms with Gasteiger partial charge in [0, 0.05) is 0 Å². The summed E-state index contributed by atoms with van der Waals surface area (Å²) in [6.45, 7) is 4.42. The van der Waals surface area contributed by atoms with Crippen LogP contribution in [0.25, 0.3) is 43.7 Å². The molecule has 3 aromatic heterocycles. The molecule has 0 saturated heterocycles. The third kappa shape index (κ3) is 3.90. The average molecular weight is 431 g/mol. The summed E-state index contributed by atoms with van der Waals surface area (Å²) in [7, 11) is 0. The monoisotopic (exact) mass is 430 g/mol. The minimum absolute atomic E-state index is 0.662. The molecule has 0 fully saturated rings. The molecule has 4 nitrogen and oxygen atoms in total. The van der Waals surface area contributed by atoms with Crippen molar-refractivity contribution < 1.29 is 8.83 Å². The van der Waals surface area contributed by atoms with Crippen LogP contribution in [0.1, 0.15) is 50.7 Å². The average Bonchev–Trinajstić information content (AvgIpc) is 3.53. The minimum atomic E-state index is 0.662. The smallest absolute Gasteiger partial charge is 0.237 e. The summed E-state index contributed by atoms with van der Waals surface area (Å²) in [5.74, 6) is 1.32. The fraction of sp³-hybridized carbons (Fsp3) is 0.308. The molecular formula is C26H26N2O2S. The fourth-order valence-electron chi connectivity index (χ4n) is 3.93. The molecule has 0 saturated carbocycles. The van der Waals surface area contributed by atoms with E-state index in [-0.39, 0.29) is 0 Å². The molecule has 0 unspecified atom stereocenters. The molecule has 0 spiro atoms. The van der Waals surface area contributed by atoms with Gasteiger partial charge in [-0.25, -0.2) is 9.97 Å². The molecule has 0 aliphatic heterocycles. The predicted molar refractivity (Wildman–Crippen MR) is 128 cm³/mol. The van der Waals surface area contributed by atoms with E-state index in [4.69, 9.17) is 18.8 Å². The molecular weight excluding hydrogens is 404 g/mol. The van der Waals surface area contributed by atoms with Crippen molar-refractivity contribution in [2.24, 2.45) is 0 Å². The summed E-state index contributed by atoms with van der Waals surface area (Å²) >= 11 is 1.60. The number of aryl methyl sites for hydroxylation is 2. The predicted octanol–water partition coefficient (Wildman–Crippen LogP) is 8.05. The third-order valence-electron chi connectivity index (χ3n) is 5.63. The number of hydrogen-bond donors (Lipinski definition) is 0. The number of hydrogen-bond acceptors (Lipinski definition) is 5. The van der Waals surface area contributed by atoms with E-state index in [1.54, 1.807) is 11.3 Å². The Morgan fingerprint density at radius 3 is 1.61 bits per heavy atom. The Hall–Kier alpha value is -2.92. The van der Waals surface area contributed by atoms with E-state index in [0.29, 0.717) is 11.8 Å². The lowest BCUT2D eigenvalue weighted by Gasteiger charge is -1.98. The highest BCUT2D eigenvalue weighted by Crippen LogP contribution is 2.37. The molecule has 0 atom stereocenters. The normalized spacial score (nSPS) is 11.7. The Labute approximate surface area is 185 Å². The fourth-order valence-corrected chi connectivity index (χ4v) is 4.79. The maximum Gasteiger partial charge on any atom is 0.237 e. The maximum absolute atomic E-state index is 6.09. The quantitative estimate of drug-likeness (QED) is 0.250. The highest BCUT2D eigenvalue weighted by atomic mass is 32.1. The number of para-hydroxylation sites is 2. The van der Waals surface area contributed by atoms with Gasteiger partial charge in [0.2, 0.25) is 11.8 Å². The zero-order chi connectivity index (χ0) is 21.2. The Kier molecular flexibility index (Phi) is 5.60. The molecule has 5 heteroatoms. The van der Waals surface area contributed by atoms with Gasteiger partial charge in [-0.15, -0.1) is 11.3 Å². The van der Waals surface area contributed by atoms with E-state index >= 15 is 0 Å². The van der Waals surface area contributed by atoms with Crippen molar-refractivity contribution >= 4 is 33.5 Å². The Bertz CT molecular complexity index is 1230. The van der Waals surface area contributed by atoms with Crippen molar-refractivity contribution in [1.29, 1.82) is 0 Å². The van der Waals surface area contributed by atoms with Crippen molar-refractivity contribution in [2.45, 2.75) is 52.4 Å². The molecule has 0 amide bonds. The second-order valence-electron chi connectivity index (χ2n) is 7.94. The van der Waals surface area contributed by atoms with E-state index in [1.165, 1.54) is 24.0 Å². The molecule has 31 heavy (non-hydrogen) atoms. The molecule has 0 bridgehead atoms. The lowest BCUT2D eigenvalue weighted by Crippen LogP contribution is -1.86. The number of rotatable bonds is 8. The number of oxazole rings is 2. The number of thiophene rings is 1. The summed E-state index contributed by atoms with van der Waals surface area (Å²) < 4.78 is 12.2. The van der Waals surface area contributed by atoms with Gasteiger partial charge in [0.05, 0.1) is 9.75 Å². The molecule has 5 aromatic rings. The van der Waals surface area contributed by atoms with Gasteiger partial charge in [-0.1, -0.05) is 51.0 Å². The van der Waals surface area contributed by atoms with Gasteiger partial charge in [-0.2, -0.15) is 0 Å². The lowest BCUT2D eigenvalue weighted by atomic mass is 10.1. The van der Waals surface area contributed by atoms with Gasteiger partial charge >= 0.3 is 0 Å². The summed E-state index contributed by atoms with van der Waals surface area (Å²) in [6, 6.07) is 16.5. The van der Waals surface area contributed by atoms with Crippen LogP contribution in [0.3, 0.4) is 0 Å². The molecule has 0 aliphatic rings. The zero-order valence-corrected chi connectivity index (χ0v) is 18.8. The van der Waals surface area contributed by atoms with E-state index in [2.05, 4.69) is 38.1 Å². The van der Waals surface area contributed by atoms with Gasteiger partial charge in [0.1, 0.15) is 11.0 Å². The van der Waals surface area contributed by atoms with E-state index in [0.717, 1.165) is 57.6 Å². The summed E-state index contributed by atoms with van der Waals surface area (Å²) in [4.78, 5) is 11.6. The lowest BCUT2D eigenvalue weighted by molar-refractivity contribution is 0.621. The molecule has 2 aromatic carbocycles. The third-order valence-corrected chi connectivity index (χ3v) is 6.69. The number of nitrogens with zero attached hydrogens (tertiary/aromatic N) is 2. The first kappa shape index (κ1) is 20.0. The van der Waals surface area contributed by atoms with Crippen LogP contribution >= 0.6 is 11.3 Å². The largest absolute Gasteiger partial charge is 0.435 e. The van der Waals surface area contributed by atoms with E-state index in [9.17, 15) is 0 Å². The van der Waals surface area contributed by atoms with Crippen LogP contribution in [0.15, 0.2) is 57.4 Å². The van der Waals surface area contributed by atoms with Crippen molar-refractivity contribution in [3.05, 3.63) is 59.7 Å². The number of aromatic nitrogens is 2. The van der Waals surface area contributed by atoms with Gasteiger partial charge in [0.15, 0.2) is 11.2 Å². The van der Waals surface area contributed by atoms with Crippen molar-refractivity contribution in [2.75, 3.05) is 0 Å². The van der Waals surface area contributed by atoms with Crippen molar-refractivity contribution in [3.8, 4) is 21.5 Å². The SMILES string of the molecule is CCCCc1cccc2oc(-c3ccc(-c4nc5c(CCCC)cccc5o4)s3)nc12. The molecule has 5 rings (SSSR count). The van der Waals surface area contributed by atoms with Crippen LogP contribution in [0.4, 0.5) is 0 Å². The second kappa shape index (κ2) is 8.67. The zero-order valence-electron chi connectivity index (χ0n) is 18.0. The van der Waals surface area contributed by atoms with E-state index < -0.39 is 0 Å². The first-order chi connectivity index (χ1) is 15.3. The van der Waals surface area contributed by atoms with Crippen LogP contribution < -0.4 is 0 Å². The summed E-state index contributed by atoms with van der Waals surface area (Å²) in [5, 5.41) is 0. The van der Waals surface area contributed by atoms with Gasteiger partial charge in [0.25, 0.3) is 0 Å². The van der Waals surface area contributed by atoms with Crippen LogP contribution in [0.5, 0.6) is 0 Å². The molecule has 0 aliphatic carbocycles. The Morgan fingerprint density at radius 2 is 1.16 bits per heavy atom. The maximum atomic E-state index is 6.09. The van der Waals surface area contributed by atoms with E-state index in [1.807, 2.05) is 24.3 Å². The van der Waals surface area contributed by atoms with Crippen LogP contribution in [0.2, 0.25) is 0 Å². The number of unbranched alkanes of at least 4 members (excludes halogenated alkanes) is 2. The second-order valence-corrected chi connectivity index (χ2v) is 9.02. The first-order valence-electron chi connectivity index (χ1n) is 11.1. The van der Waals surface area contributed by atoms with Crippen LogP contribution in [-0.2, 0) is 12.8 Å². The molecule has 0 radical (unpaired) electrons. The highest BCUT2D eigenvalue weighted by molar-refractivity contribution is 7.18. The Balaban J connectivity index is 1.48. The molecule has 158 valence electrons. The summed E-state index contributed by atoms with van der Waals surface area (Å²) in [5.41, 5.74) is 6.16. The number of benzene rings is 2. The molecule has 3 heterocycles.